The van der Waals surface area contributed by atoms with Crippen LogP contribution in [-0.2, 0) is 9.05 Å². The van der Waals surface area contributed by atoms with E-state index in [-0.39, 0.29) is 4.21 Å². The summed E-state index contributed by atoms with van der Waals surface area (Å²) in [5, 5.41) is 0. The van der Waals surface area contributed by atoms with E-state index in [2.05, 4.69) is 0 Å². The molecule has 1 heterocycles. The third-order valence-electron chi connectivity index (χ3n) is 1.41. The van der Waals surface area contributed by atoms with E-state index in [1.54, 1.807) is 12.1 Å². The molecule has 0 radical (unpaired) electrons. The van der Waals surface area contributed by atoms with Gasteiger partial charge in [-0.05, 0) is 18.1 Å². The Hall–Kier alpha value is -0.0600. The van der Waals surface area contributed by atoms with Crippen molar-refractivity contribution in [3.05, 3.63) is 17.0 Å². The molecule has 0 aliphatic heterocycles. The van der Waals surface area contributed by atoms with Crippen LogP contribution in [0.25, 0.3) is 0 Å². The molecule has 0 saturated heterocycles. The summed E-state index contributed by atoms with van der Waals surface area (Å²) in [4.78, 5) is 1.04. The van der Waals surface area contributed by atoms with Crippen LogP contribution < -0.4 is 0 Å². The molecule has 0 atom stereocenters. The van der Waals surface area contributed by atoms with Crippen molar-refractivity contribution in [1.29, 1.82) is 0 Å². The van der Waals surface area contributed by atoms with Gasteiger partial charge in [-0.3, -0.25) is 0 Å². The Labute approximate surface area is 80.6 Å². The van der Waals surface area contributed by atoms with Gasteiger partial charge in [0.1, 0.15) is 4.21 Å². The lowest BCUT2D eigenvalue weighted by molar-refractivity contribution is 0.611. The lowest BCUT2D eigenvalue weighted by Crippen LogP contribution is -1.83. The Kier molecular flexibility index (Phi) is 2.81. The van der Waals surface area contributed by atoms with Crippen molar-refractivity contribution in [3.8, 4) is 0 Å². The Morgan fingerprint density at radius 2 is 2.00 bits per heavy atom. The van der Waals surface area contributed by atoms with Crippen molar-refractivity contribution in [2.24, 2.45) is 0 Å². The largest absolute Gasteiger partial charge is 0.270 e. The maximum Gasteiger partial charge on any atom is 0.270 e. The zero-order chi connectivity index (χ0) is 9.35. The van der Waals surface area contributed by atoms with Gasteiger partial charge in [0.25, 0.3) is 9.05 Å². The Morgan fingerprint density at radius 1 is 1.42 bits per heavy atom. The van der Waals surface area contributed by atoms with E-state index in [1.807, 2.05) is 13.8 Å². The van der Waals surface area contributed by atoms with Crippen LogP contribution in [0.5, 0.6) is 0 Å². The van der Waals surface area contributed by atoms with Crippen molar-refractivity contribution >= 4 is 31.1 Å². The lowest BCUT2D eigenvalue weighted by Gasteiger charge is -1.96. The molecule has 0 N–H and O–H groups in total. The predicted molar refractivity (Wildman–Crippen MR) is 51.4 cm³/mol. The quantitative estimate of drug-likeness (QED) is 0.724. The number of hydrogen-bond acceptors (Lipinski definition) is 3. The SMILES string of the molecule is CC(C)c1ccc(S(=O)(=O)Cl)s1. The maximum absolute atomic E-state index is 10.8. The van der Waals surface area contributed by atoms with Crippen LogP contribution in [0, 0.1) is 0 Å². The summed E-state index contributed by atoms with van der Waals surface area (Å²) in [7, 11) is 1.63. The average molecular weight is 225 g/mol. The third-order valence-corrected chi connectivity index (χ3v) is 4.89. The summed E-state index contributed by atoms with van der Waals surface area (Å²) in [5.74, 6) is 0.349. The van der Waals surface area contributed by atoms with E-state index in [1.165, 1.54) is 11.3 Å². The molecule has 0 saturated carbocycles. The molecule has 0 unspecified atom stereocenters. The van der Waals surface area contributed by atoms with E-state index in [4.69, 9.17) is 10.7 Å². The fourth-order valence-corrected chi connectivity index (χ4v) is 2.87. The van der Waals surface area contributed by atoms with E-state index in [0.29, 0.717) is 5.92 Å². The van der Waals surface area contributed by atoms with Crippen molar-refractivity contribution in [2.75, 3.05) is 0 Å². The molecular formula is C7H9ClO2S2. The summed E-state index contributed by atoms with van der Waals surface area (Å²) in [6.07, 6.45) is 0. The van der Waals surface area contributed by atoms with Gasteiger partial charge < -0.3 is 0 Å². The second kappa shape index (κ2) is 3.36. The third kappa shape index (κ3) is 2.21. The molecule has 0 aliphatic rings. The number of halogens is 1. The highest BCUT2D eigenvalue weighted by Gasteiger charge is 2.13. The maximum atomic E-state index is 10.8. The molecule has 1 rings (SSSR count). The molecule has 12 heavy (non-hydrogen) atoms. The van der Waals surface area contributed by atoms with Crippen LogP contribution in [0.4, 0.5) is 0 Å². The second-order valence-electron chi connectivity index (χ2n) is 2.75. The Balaban J connectivity index is 3.09. The first kappa shape index (κ1) is 10.0. The molecule has 2 nitrogen and oxygen atoms in total. The monoisotopic (exact) mass is 224 g/mol. The summed E-state index contributed by atoms with van der Waals surface area (Å²) in [6, 6.07) is 3.34. The molecule has 0 spiro atoms. The van der Waals surface area contributed by atoms with Gasteiger partial charge in [-0.15, -0.1) is 11.3 Å². The molecule has 0 amide bonds. The van der Waals surface area contributed by atoms with E-state index in [9.17, 15) is 8.42 Å². The fraction of sp³-hybridized carbons (Fsp3) is 0.429. The van der Waals surface area contributed by atoms with Gasteiger partial charge in [-0.1, -0.05) is 13.8 Å². The molecule has 0 bridgehead atoms. The first-order valence-electron chi connectivity index (χ1n) is 3.45. The molecule has 68 valence electrons. The van der Waals surface area contributed by atoms with Crippen LogP contribution in [0.2, 0.25) is 0 Å². The van der Waals surface area contributed by atoms with Crippen molar-refractivity contribution < 1.29 is 8.42 Å². The topological polar surface area (TPSA) is 34.1 Å². The molecule has 1 aromatic heterocycles. The standard InChI is InChI=1S/C7H9ClO2S2/c1-5(2)6-3-4-7(11-6)12(8,9)10/h3-5H,1-2H3. The van der Waals surface area contributed by atoms with Gasteiger partial charge in [0.05, 0.1) is 0 Å². The Bertz CT molecular complexity index is 365. The highest BCUT2D eigenvalue weighted by Crippen LogP contribution is 2.29. The zero-order valence-electron chi connectivity index (χ0n) is 6.74. The minimum atomic E-state index is -3.52. The predicted octanol–water partition coefficient (Wildman–Crippen LogP) is 2.80. The van der Waals surface area contributed by atoms with Gasteiger partial charge in [-0.25, -0.2) is 8.42 Å². The molecule has 0 aliphatic carbocycles. The van der Waals surface area contributed by atoms with Crippen LogP contribution >= 0.6 is 22.0 Å². The minimum Gasteiger partial charge on any atom is -0.206 e. The van der Waals surface area contributed by atoms with Gasteiger partial charge >= 0.3 is 0 Å². The second-order valence-corrected chi connectivity index (χ2v) is 6.66. The van der Waals surface area contributed by atoms with Crippen LogP contribution in [-0.4, -0.2) is 8.42 Å². The molecule has 5 heteroatoms. The lowest BCUT2D eigenvalue weighted by atomic mass is 10.2. The first-order chi connectivity index (χ1) is 5.41. The number of rotatable bonds is 2. The van der Waals surface area contributed by atoms with E-state index >= 15 is 0 Å². The van der Waals surface area contributed by atoms with Gasteiger partial charge in [0.2, 0.25) is 0 Å². The summed E-state index contributed by atoms with van der Waals surface area (Å²) in [5.41, 5.74) is 0. The van der Waals surface area contributed by atoms with E-state index < -0.39 is 9.05 Å². The van der Waals surface area contributed by atoms with Crippen LogP contribution in [0.1, 0.15) is 24.6 Å². The molecule has 1 aromatic rings. The summed E-state index contributed by atoms with van der Waals surface area (Å²) < 4.78 is 21.9. The molecule has 0 aromatic carbocycles. The van der Waals surface area contributed by atoms with Gasteiger partial charge in [-0.2, -0.15) is 0 Å². The Morgan fingerprint density at radius 3 is 2.25 bits per heavy atom. The normalized spacial score (nSPS) is 12.3. The van der Waals surface area contributed by atoms with Crippen molar-refractivity contribution in [2.45, 2.75) is 24.0 Å². The molecule has 0 fully saturated rings. The summed E-state index contributed by atoms with van der Waals surface area (Å²) >= 11 is 1.23. The van der Waals surface area contributed by atoms with Gasteiger partial charge in [0.15, 0.2) is 0 Å². The number of hydrogen-bond donors (Lipinski definition) is 0. The van der Waals surface area contributed by atoms with Crippen LogP contribution in [0.15, 0.2) is 16.3 Å². The van der Waals surface area contributed by atoms with Crippen molar-refractivity contribution in [3.63, 3.8) is 0 Å². The highest BCUT2D eigenvalue weighted by atomic mass is 35.7. The zero-order valence-corrected chi connectivity index (χ0v) is 9.13. The minimum absolute atomic E-state index is 0.230. The van der Waals surface area contributed by atoms with Gasteiger partial charge in [0, 0.05) is 15.6 Å². The van der Waals surface area contributed by atoms with Crippen LogP contribution in [0.3, 0.4) is 0 Å². The molecular weight excluding hydrogens is 216 g/mol. The fourth-order valence-electron chi connectivity index (χ4n) is 0.776. The number of thiophene rings is 1. The van der Waals surface area contributed by atoms with Crippen molar-refractivity contribution in [1.82, 2.24) is 0 Å². The highest BCUT2D eigenvalue weighted by molar-refractivity contribution is 8.15. The smallest absolute Gasteiger partial charge is 0.206 e. The average Bonchev–Trinajstić information content (AvgIpc) is 2.30. The first-order valence-corrected chi connectivity index (χ1v) is 6.58. The summed E-state index contributed by atoms with van der Waals surface area (Å²) in [6.45, 7) is 4.02. The van der Waals surface area contributed by atoms with E-state index in [0.717, 1.165) is 4.88 Å².